The van der Waals surface area contributed by atoms with Crippen molar-refractivity contribution in [2.45, 2.75) is 27.3 Å². The van der Waals surface area contributed by atoms with Crippen LogP contribution in [0.15, 0.2) is 30.6 Å². The molecule has 0 radical (unpaired) electrons. The summed E-state index contributed by atoms with van der Waals surface area (Å²) in [4.78, 5) is 16.0. The molecule has 0 saturated carbocycles. The average molecular weight is 414 g/mol. The number of nitrogens with zero attached hydrogens (tertiary/aromatic N) is 4. The Hall–Kier alpha value is -2.64. The number of anilines is 1. The molecule has 4 aromatic rings. The van der Waals surface area contributed by atoms with Crippen molar-refractivity contribution >= 4 is 39.0 Å². The van der Waals surface area contributed by atoms with Crippen LogP contribution in [0, 0.1) is 20.8 Å². The van der Waals surface area contributed by atoms with Gasteiger partial charge < -0.3 is 10.1 Å². The van der Waals surface area contributed by atoms with Crippen LogP contribution in [0.4, 0.5) is 5.82 Å². The number of nitrogens with one attached hydrogen (secondary N) is 1. The summed E-state index contributed by atoms with van der Waals surface area (Å²) in [5.74, 6) is 2.93. The summed E-state index contributed by atoms with van der Waals surface area (Å²) in [6.07, 6.45) is 3.62. The van der Waals surface area contributed by atoms with E-state index in [4.69, 9.17) is 26.3 Å². The number of hydrogen-bond donors (Lipinski definition) is 1. The highest BCUT2D eigenvalue weighted by atomic mass is 35.5. The largest absolute Gasteiger partial charge is 0.495 e. The lowest BCUT2D eigenvalue weighted by Crippen LogP contribution is -2.08. The molecule has 4 rings (SSSR count). The molecule has 6 nitrogen and oxygen atoms in total. The van der Waals surface area contributed by atoms with Crippen LogP contribution in [0.1, 0.15) is 21.8 Å². The first-order chi connectivity index (χ1) is 13.5. The van der Waals surface area contributed by atoms with Crippen molar-refractivity contribution in [3.8, 4) is 11.7 Å². The lowest BCUT2D eigenvalue weighted by Gasteiger charge is -2.12. The maximum atomic E-state index is 6.26. The van der Waals surface area contributed by atoms with Crippen molar-refractivity contribution < 1.29 is 4.74 Å². The van der Waals surface area contributed by atoms with E-state index in [2.05, 4.69) is 24.1 Å². The van der Waals surface area contributed by atoms with Gasteiger partial charge in [0.05, 0.1) is 17.5 Å². The first-order valence-corrected chi connectivity index (χ1v) is 10.0. The molecule has 0 aliphatic carbocycles. The Morgan fingerprint density at radius 1 is 1.21 bits per heavy atom. The van der Waals surface area contributed by atoms with Gasteiger partial charge in [-0.1, -0.05) is 17.7 Å². The van der Waals surface area contributed by atoms with Crippen LogP contribution in [0.5, 0.6) is 5.75 Å². The molecule has 0 aliphatic rings. The highest BCUT2D eigenvalue weighted by Gasteiger charge is 2.16. The molecule has 0 bridgehead atoms. The van der Waals surface area contributed by atoms with Gasteiger partial charge in [0.25, 0.3) is 0 Å². The number of aryl methyl sites for hydroxylation is 3. The second-order valence-electron chi connectivity index (χ2n) is 6.50. The van der Waals surface area contributed by atoms with Crippen LogP contribution in [-0.4, -0.2) is 26.6 Å². The minimum absolute atomic E-state index is 0.590. The number of hydrogen-bond acceptors (Lipinski definition) is 6. The molecule has 3 aromatic heterocycles. The molecule has 8 heteroatoms. The Bertz CT molecular complexity index is 1170. The van der Waals surface area contributed by atoms with Crippen molar-refractivity contribution in [2.24, 2.45) is 0 Å². The van der Waals surface area contributed by atoms with Gasteiger partial charge in [0.2, 0.25) is 5.95 Å². The number of rotatable bonds is 5. The zero-order chi connectivity index (χ0) is 19.8. The van der Waals surface area contributed by atoms with E-state index in [1.165, 1.54) is 10.4 Å². The molecule has 0 saturated heterocycles. The molecule has 0 unspecified atom stereocenters. The van der Waals surface area contributed by atoms with E-state index < -0.39 is 0 Å². The molecule has 3 heterocycles. The first-order valence-electron chi connectivity index (χ1n) is 8.82. The number of thiophene rings is 1. The molecule has 144 valence electrons. The maximum absolute atomic E-state index is 6.26. The summed E-state index contributed by atoms with van der Waals surface area (Å²) >= 11 is 7.93. The van der Waals surface area contributed by atoms with Gasteiger partial charge in [0.15, 0.2) is 0 Å². The normalized spacial score (nSPS) is 11.2. The van der Waals surface area contributed by atoms with Crippen molar-refractivity contribution in [2.75, 3.05) is 12.4 Å². The summed E-state index contributed by atoms with van der Waals surface area (Å²) < 4.78 is 7.12. The van der Waals surface area contributed by atoms with Crippen LogP contribution in [0.2, 0.25) is 5.02 Å². The monoisotopic (exact) mass is 413 g/mol. The van der Waals surface area contributed by atoms with E-state index in [1.807, 2.05) is 35.9 Å². The summed E-state index contributed by atoms with van der Waals surface area (Å²) in [6.45, 7) is 6.74. The van der Waals surface area contributed by atoms with Gasteiger partial charge in [-0.05, 0) is 44.0 Å². The molecule has 1 aromatic carbocycles. The van der Waals surface area contributed by atoms with Gasteiger partial charge in [0, 0.05) is 23.8 Å². The van der Waals surface area contributed by atoms with E-state index in [0.717, 1.165) is 27.4 Å². The number of halogens is 1. The van der Waals surface area contributed by atoms with Crippen LogP contribution >= 0.6 is 22.9 Å². The Morgan fingerprint density at radius 2 is 2.04 bits per heavy atom. The van der Waals surface area contributed by atoms with E-state index in [0.29, 0.717) is 23.3 Å². The minimum atomic E-state index is 0.590. The fourth-order valence-corrected chi connectivity index (χ4v) is 4.37. The summed E-state index contributed by atoms with van der Waals surface area (Å²) in [7, 11) is 1.61. The minimum Gasteiger partial charge on any atom is -0.495 e. The highest BCUT2D eigenvalue weighted by molar-refractivity contribution is 7.18. The maximum Gasteiger partial charge on any atom is 0.238 e. The number of aromatic nitrogens is 4. The molecule has 0 spiro atoms. The van der Waals surface area contributed by atoms with E-state index >= 15 is 0 Å². The fourth-order valence-electron chi connectivity index (χ4n) is 3.07. The van der Waals surface area contributed by atoms with Gasteiger partial charge in [-0.15, -0.1) is 11.3 Å². The van der Waals surface area contributed by atoms with E-state index in [1.54, 1.807) is 24.6 Å². The number of benzene rings is 1. The standard InChI is InChI=1S/C20H20ClN5OS/c1-11-12(2)28-19-17(11)18(24-20(25-19)26-8-7-22-13(26)3)23-10-14-5-6-16(27-4)15(21)9-14/h5-9H,10H2,1-4H3,(H,23,24,25). The van der Waals surface area contributed by atoms with Gasteiger partial charge in [0.1, 0.15) is 22.2 Å². The van der Waals surface area contributed by atoms with Gasteiger partial charge in [-0.3, -0.25) is 4.57 Å². The quantitative estimate of drug-likeness (QED) is 0.494. The van der Waals surface area contributed by atoms with Crippen LogP contribution in [-0.2, 0) is 6.54 Å². The third-order valence-electron chi connectivity index (χ3n) is 4.73. The van der Waals surface area contributed by atoms with Crippen LogP contribution < -0.4 is 10.1 Å². The number of ether oxygens (including phenoxy) is 1. The molecule has 0 atom stereocenters. The molecule has 1 N–H and O–H groups in total. The average Bonchev–Trinajstić information content (AvgIpc) is 3.23. The molecule has 28 heavy (non-hydrogen) atoms. The number of methoxy groups -OCH3 is 1. The predicted octanol–water partition coefficient (Wildman–Crippen LogP) is 5.08. The highest BCUT2D eigenvalue weighted by Crippen LogP contribution is 2.34. The molecular weight excluding hydrogens is 394 g/mol. The topological polar surface area (TPSA) is 64.9 Å². The smallest absolute Gasteiger partial charge is 0.238 e. The van der Waals surface area contributed by atoms with Crippen LogP contribution in [0.3, 0.4) is 0 Å². The lowest BCUT2D eigenvalue weighted by atomic mass is 10.2. The Kier molecular flexibility index (Phi) is 4.95. The van der Waals surface area contributed by atoms with Crippen molar-refractivity contribution in [1.29, 1.82) is 0 Å². The van der Waals surface area contributed by atoms with Gasteiger partial charge in [-0.25, -0.2) is 9.97 Å². The second-order valence-corrected chi connectivity index (χ2v) is 8.11. The third kappa shape index (κ3) is 3.31. The zero-order valence-electron chi connectivity index (χ0n) is 16.1. The SMILES string of the molecule is COc1ccc(CNc2nc(-n3ccnc3C)nc3sc(C)c(C)c23)cc1Cl. The fraction of sp³-hybridized carbons (Fsp3) is 0.250. The van der Waals surface area contributed by atoms with Crippen molar-refractivity contribution in [3.05, 3.63) is 57.4 Å². The van der Waals surface area contributed by atoms with Gasteiger partial charge in [-0.2, -0.15) is 4.98 Å². The predicted molar refractivity (Wildman–Crippen MR) is 114 cm³/mol. The van der Waals surface area contributed by atoms with Crippen molar-refractivity contribution in [1.82, 2.24) is 19.5 Å². The Balaban J connectivity index is 1.74. The van der Waals surface area contributed by atoms with E-state index in [-0.39, 0.29) is 0 Å². The second kappa shape index (κ2) is 7.41. The number of fused-ring (bicyclic) bond motifs is 1. The molecule has 0 aliphatic heterocycles. The Labute approximate surface area is 172 Å². The third-order valence-corrected chi connectivity index (χ3v) is 6.13. The van der Waals surface area contributed by atoms with Crippen LogP contribution in [0.25, 0.3) is 16.2 Å². The lowest BCUT2D eigenvalue weighted by molar-refractivity contribution is 0.415. The first kappa shape index (κ1) is 18.7. The van der Waals surface area contributed by atoms with Gasteiger partial charge >= 0.3 is 0 Å². The van der Waals surface area contributed by atoms with Crippen molar-refractivity contribution in [3.63, 3.8) is 0 Å². The summed E-state index contributed by atoms with van der Waals surface area (Å²) in [6, 6.07) is 5.76. The zero-order valence-corrected chi connectivity index (χ0v) is 17.6. The van der Waals surface area contributed by atoms with E-state index in [9.17, 15) is 0 Å². The molecule has 0 amide bonds. The summed E-state index contributed by atoms with van der Waals surface area (Å²) in [5, 5.41) is 5.12. The number of imidazole rings is 1. The summed E-state index contributed by atoms with van der Waals surface area (Å²) in [5.41, 5.74) is 2.24. The molecule has 0 fully saturated rings. The Morgan fingerprint density at radius 3 is 2.71 bits per heavy atom. The molecular formula is C20H20ClN5OS.